The molecule has 0 atom stereocenters. The van der Waals surface area contributed by atoms with Gasteiger partial charge in [0, 0.05) is 6.26 Å². The minimum Gasteiger partial charge on any atom is -0.280 e. The van der Waals surface area contributed by atoms with Gasteiger partial charge in [-0.15, -0.1) is 11.3 Å². The van der Waals surface area contributed by atoms with Crippen molar-refractivity contribution in [3.8, 4) is 0 Å². The number of hydrogen-bond donors (Lipinski definition) is 1. The fourth-order valence-electron chi connectivity index (χ4n) is 2.20. The summed E-state index contributed by atoms with van der Waals surface area (Å²) in [4.78, 5) is 3.85. The Morgan fingerprint density at radius 2 is 1.80 bits per heavy atom. The first kappa shape index (κ1) is 17.8. The van der Waals surface area contributed by atoms with Crippen LogP contribution < -0.4 is 4.72 Å². The zero-order valence-corrected chi connectivity index (χ0v) is 15.6. The van der Waals surface area contributed by atoms with Crippen molar-refractivity contribution in [2.24, 2.45) is 0 Å². The van der Waals surface area contributed by atoms with Crippen LogP contribution in [-0.2, 0) is 19.9 Å². The molecule has 0 bridgehead atoms. The van der Waals surface area contributed by atoms with E-state index in [1.54, 1.807) is 6.92 Å². The van der Waals surface area contributed by atoms with Gasteiger partial charge in [0.15, 0.2) is 0 Å². The first-order valence-corrected chi connectivity index (χ1v) is 11.1. The van der Waals surface area contributed by atoms with Crippen LogP contribution in [0.15, 0.2) is 45.6 Å². The summed E-state index contributed by atoms with van der Waals surface area (Å²) in [6.45, 7) is 1.57. The molecule has 1 heterocycles. The Morgan fingerprint density at radius 1 is 1.08 bits per heavy atom. The summed E-state index contributed by atoms with van der Waals surface area (Å²) in [5, 5.41) is 0. The van der Waals surface area contributed by atoms with Crippen molar-refractivity contribution in [1.82, 2.24) is 4.98 Å². The quantitative estimate of drug-likeness (QED) is 0.727. The van der Waals surface area contributed by atoms with Crippen LogP contribution in [0.25, 0.3) is 10.2 Å². The molecule has 0 unspecified atom stereocenters. The number of rotatable bonds is 4. The van der Waals surface area contributed by atoms with E-state index < -0.39 is 25.7 Å². The molecule has 0 aliphatic rings. The number of halogens is 1. The molecule has 132 valence electrons. The zero-order valence-electron chi connectivity index (χ0n) is 13.1. The molecular formula is C15H13FN2O4S3. The Hall–Kier alpha value is -2.04. The molecular weight excluding hydrogens is 387 g/mol. The Kier molecular flexibility index (Phi) is 4.30. The third-order valence-corrected chi connectivity index (χ3v) is 7.60. The minimum absolute atomic E-state index is 0.0384. The second kappa shape index (κ2) is 6.04. The van der Waals surface area contributed by atoms with E-state index in [1.807, 2.05) is 0 Å². The van der Waals surface area contributed by atoms with Gasteiger partial charge in [-0.05, 0) is 42.8 Å². The normalized spacial score (nSPS) is 12.4. The lowest BCUT2D eigenvalue weighted by atomic mass is 10.2. The molecule has 0 aliphatic carbocycles. The van der Waals surface area contributed by atoms with Crippen LogP contribution in [0.4, 0.5) is 10.1 Å². The maximum Gasteiger partial charge on any atom is 0.262 e. The topological polar surface area (TPSA) is 93.2 Å². The molecule has 0 amide bonds. The molecule has 0 fully saturated rings. The fourth-order valence-corrected chi connectivity index (χ4v) is 5.38. The Bertz CT molecular complexity index is 1180. The largest absolute Gasteiger partial charge is 0.280 e. The fraction of sp³-hybridized carbons (Fsp3) is 0.133. The first-order valence-electron chi connectivity index (χ1n) is 6.96. The third kappa shape index (κ3) is 3.65. The van der Waals surface area contributed by atoms with Crippen molar-refractivity contribution < 1.29 is 21.2 Å². The number of benzene rings is 2. The molecule has 1 aromatic heterocycles. The third-order valence-electron chi connectivity index (χ3n) is 3.38. The van der Waals surface area contributed by atoms with Crippen LogP contribution >= 0.6 is 11.3 Å². The van der Waals surface area contributed by atoms with Crippen molar-refractivity contribution >= 4 is 47.1 Å². The number of nitrogens with one attached hydrogen (secondary N) is 1. The van der Waals surface area contributed by atoms with Crippen LogP contribution in [-0.4, -0.2) is 28.1 Å². The van der Waals surface area contributed by atoms with Crippen molar-refractivity contribution in [2.75, 3.05) is 11.0 Å². The number of thiazole rings is 1. The SMILES string of the molecule is Cc1ccc(F)cc1S(=O)(=O)Nc1ccc2nc(S(C)(=O)=O)sc2c1. The number of anilines is 1. The van der Waals surface area contributed by atoms with Gasteiger partial charge in [-0.2, -0.15) is 0 Å². The smallest absolute Gasteiger partial charge is 0.262 e. The van der Waals surface area contributed by atoms with Crippen molar-refractivity contribution in [3.05, 3.63) is 47.8 Å². The number of aromatic nitrogens is 1. The average molecular weight is 400 g/mol. The predicted molar refractivity (Wildman–Crippen MR) is 94.7 cm³/mol. The van der Waals surface area contributed by atoms with Crippen LogP contribution in [0.1, 0.15) is 5.56 Å². The van der Waals surface area contributed by atoms with E-state index in [9.17, 15) is 21.2 Å². The van der Waals surface area contributed by atoms with Gasteiger partial charge in [0.1, 0.15) is 5.82 Å². The van der Waals surface area contributed by atoms with Crippen molar-refractivity contribution in [3.63, 3.8) is 0 Å². The highest BCUT2D eigenvalue weighted by molar-refractivity contribution is 7.93. The number of fused-ring (bicyclic) bond motifs is 1. The average Bonchev–Trinajstić information content (AvgIpc) is 2.92. The highest BCUT2D eigenvalue weighted by atomic mass is 32.2. The lowest BCUT2D eigenvalue weighted by molar-refractivity contribution is 0.594. The molecule has 0 radical (unpaired) electrons. The van der Waals surface area contributed by atoms with E-state index in [0.29, 0.717) is 15.8 Å². The maximum absolute atomic E-state index is 13.4. The van der Waals surface area contributed by atoms with E-state index in [1.165, 1.54) is 30.3 Å². The van der Waals surface area contributed by atoms with Gasteiger partial charge < -0.3 is 0 Å². The number of hydrogen-bond acceptors (Lipinski definition) is 6. The second-order valence-corrected chi connectivity index (χ2v) is 10.3. The van der Waals surface area contributed by atoms with Crippen LogP contribution in [0.5, 0.6) is 0 Å². The molecule has 2 aromatic carbocycles. The highest BCUT2D eigenvalue weighted by Gasteiger charge is 2.19. The van der Waals surface area contributed by atoms with Crippen LogP contribution in [0.3, 0.4) is 0 Å². The van der Waals surface area contributed by atoms with E-state index >= 15 is 0 Å². The summed E-state index contributed by atoms with van der Waals surface area (Å²) < 4.78 is 64.4. The standard InChI is InChI=1S/C15H13FN2O4S3/c1-9-3-4-10(16)7-14(9)25(21,22)18-11-5-6-12-13(8-11)23-15(17-12)24(2,19)20/h3-8,18H,1-2H3. The molecule has 10 heteroatoms. The van der Waals surface area contributed by atoms with Gasteiger partial charge in [0.25, 0.3) is 10.0 Å². The lowest BCUT2D eigenvalue weighted by Gasteiger charge is -2.10. The Morgan fingerprint density at radius 3 is 2.48 bits per heavy atom. The number of sulfone groups is 1. The predicted octanol–water partition coefficient (Wildman–Crippen LogP) is 2.95. The Balaban J connectivity index is 2.01. The summed E-state index contributed by atoms with van der Waals surface area (Å²) in [5.41, 5.74) is 1.10. The number of nitrogens with zero attached hydrogens (tertiary/aromatic N) is 1. The van der Waals surface area contributed by atoms with Gasteiger partial charge in [-0.3, -0.25) is 4.72 Å². The summed E-state index contributed by atoms with van der Waals surface area (Å²) in [6, 6.07) is 8.01. The van der Waals surface area contributed by atoms with Crippen molar-refractivity contribution in [1.29, 1.82) is 0 Å². The van der Waals surface area contributed by atoms with E-state index in [2.05, 4.69) is 9.71 Å². The number of aryl methyl sites for hydroxylation is 1. The summed E-state index contributed by atoms with van der Waals surface area (Å²) in [5.74, 6) is -0.651. The first-order chi connectivity index (χ1) is 11.6. The van der Waals surface area contributed by atoms with Gasteiger partial charge in [0.2, 0.25) is 14.2 Å². The molecule has 1 N–H and O–H groups in total. The van der Waals surface area contributed by atoms with Crippen molar-refractivity contribution in [2.45, 2.75) is 16.2 Å². The molecule has 0 spiro atoms. The minimum atomic E-state index is -3.98. The molecule has 0 saturated carbocycles. The monoisotopic (exact) mass is 400 g/mol. The van der Waals surface area contributed by atoms with Crippen LogP contribution in [0.2, 0.25) is 0 Å². The lowest BCUT2D eigenvalue weighted by Crippen LogP contribution is -2.14. The van der Waals surface area contributed by atoms with Gasteiger partial charge in [0.05, 0.1) is 20.8 Å². The van der Waals surface area contributed by atoms with Crippen LogP contribution in [0, 0.1) is 12.7 Å². The number of sulfonamides is 1. The van der Waals surface area contributed by atoms with Gasteiger partial charge in [-0.1, -0.05) is 6.07 Å². The van der Waals surface area contributed by atoms with E-state index in [4.69, 9.17) is 0 Å². The zero-order chi connectivity index (χ0) is 18.4. The second-order valence-electron chi connectivity index (χ2n) is 5.45. The molecule has 0 aliphatic heterocycles. The molecule has 25 heavy (non-hydrogen) atoms. The summed E-state index contributed by atoms with van der Waals surface area (Å²) >= 11 is 0.952. The van der Waals surface area contributed by atoms with Gasteiger partial charge in [-0.25, -0.2) is 26.2 Å². The van der Waals surface area contributed by atoms with E-state index in [-0.39, 0.29) is 14.9 Å². The molecule has 0 saturated heterocycles. The van der Waals surface area contributed by atoms with Gasteiger partial charge >= 0.3 is 0 Å². The molecule has 3 rings (SSSR count). The Labute approximate surface area is 148 Å². The molecule has 3 aromatic rings. The highest BCUT2D eigenvalue weighted by Crippen LogP contribution is 2.29. The summed E-state index contributed by atoms with van der Waals surface area (Å²) in [6.07, 6.45) is 1.06. The molecule has 6 nitrogen and oxygen atoms in total. The van der Waals surface area contributed by atoms with E-state index in [0.717, 1.165) is 23.7 Å². The summed E-state index contributed by atoms with van der Waals surface area (Å²) in [7, 11) is -7.42. The maximum atomic E-state index is 13.4.